The second-order valence-corrected chi connectivity index (χ2v) is 4.33. The van der Waals surface area contributed by atoms with Gasteiger partial charge in [0.05, 0.1) is 6.20 Å². The van der Waals surface area contributed by atoms with Crippen LogP contribution in [0.25, 0.3) is 0 Å². The van der Waals surface area contributed by atoms with E-state index >= 15 is 0 Å². The van der Waals surface area contributed by atoms with Crippen molar-refractivity contribution in [3.05, 3.63) is 33.8 Å². The van der Waals surface area contributed by atoms with E-state index in [4.69, 9.17) is 21.8 Å². The number of furan rings is 1. The molecule has 6 heteroatoms. The molecule has 4 nitrogen and oxygen atoms in total. The quantitative estimate of drug-likeness (QED) is 0.924. The van der Waals surface area contributed by atoms with Crippen molar-refractivity contribution in [2.24, 2.45) is 0 Å². The molecular weight excluding hydrogens is 281 g/mol. The number of aromatic nitrogens is 2. The van der Waals surface area contributed by atoms with E-state index < -0.39 is 0 Å². The van der Waals surface area contributed by atoms with Crippen LogP contribution in [0.2, 0.25) is 5.02 Å². The Bertz CT molecular complexity index is 479. The molecule has 2 heterocycles. The molecule has 0 spiro atoms. The van der Waals surface area contributed by atoms with E-state index in [1.54, 1.807) is 4.68 Å². The maximum Gasteiger partial charge on any atom is 0.169 e. The largest absolute Gasteiger partial charge is 0.452 e. The van der Waals surface area contributed by atoms with Crippen LogP contribution >= 0.6 is 27.5 Å². The molecule has 0 saturated heterocycles. The minimum Gasteiger partial charge on any atom is -0.452 e. The first-order chi connectivity index (χ1) is 7.09. The highest BCUT2D eigenvalue weighted by atomic mass is 79.9. The maximum atomic E-state index is 5.82. The van der Waals surface area contributed by atoms with Crippen molar-refractivity contribution in [3.8, 4) is 0 Å². The molecule has 2 N–H and O–H groups in total. The number of nitrogens with two attached hydrogens (primary N) is 1. The van der Waals surface area contributed by atoms with Gasteiger partial charge in [-0.1, -0.05) is 11.6 Å². The van der Waals surface area contributed by atoms with E-state index in [1.807, 2.05) is 19.1 Å². The zero-order chi connectivity index (χ0) is 11.0. The van der Waals surface area contributed by atoms with Crippen LogP contribution in [0.1, 0.15) is 18.7 Å². The highest BCUT2D eigenvalue weighted by molar-refractivity contribution is 9.10. The van der Waals surface area contributed by atoms with Gasteiger partial charge in [-0.3, -0.25) is 0 Å². The van der Waals surface area contributed by atoms with E-state index in [9.17, 15) is 0 Å². The molecule has 0 amide bonds. The third-order valence-corrected chi connectivity index (χ3v) is 2.88. The summed E-state index contributed by atoms with van der Waals surface area (Å²) in [6.45, 7) is 1.94. The summed E-state index contributed by atoms with van der Waals surface area (Å²) in [6, 6.07) is 3.61. The second kappa shape index (κ2) is 3.90. The Morgan fingerprint density at radius 3 is 2.80 bits per heavy atom. The Morgan fingerprint density at radius 2 is 2.33 bits per heavy atom. The van der Waals surface area contributed by atoms with Gasteiger partial charge in [0.1, 0.15) is 22.6 Å². The number of hydrogen-bond acceptors (Lipinski definition) is 3. The fraction of sp³-hybridized carbons (Fsp3) is 0.222. The molecule has 1 unspecified atom stereocenters. The molecule has 15 heavy (non-hydrogen) atoms. The van der Waals surface area contributed by atoms with E-state index in [-0.39, 0.29) is 6.04 Å². The molecule has 0 radical (unpaired) electrons. The number of nitrogen functional groups attached to an aromatic ring is 1. The zero-order valence-electron chi connectivity index (χ0n) is 7.95. The average molecular weight is 291 g/mol. The Balaban J connectivity index is 2.36. The SMILES string of the molecule is CC(c1ccc(Br)o1)n1ncc(Cl)c1N. The lowest BCUT2D eigenvalue weighted by Crippen LogP contribution is -2.10. The highest BCUT2D eigenvalue weighted by Gasteiger charge is 2.16. The molecule has 2 rings (SSSR count). The monoisotopic (exact) mass is 289 g/mol. The van der Waals surface area contributed by atoms with Gasteiger partial charge in [-0.2, -0.15) is 5.10 Å². The molecule has 0 aliphatic rings. The maximum absolute atomic E-state index is 5.82. The van der Waals surface area contributed by atoms with Crippen LogP contribution in [0, 0.1) is 0 Å². The van der Waals surface area contributed by atoms with Crippen molar-refractivity contribution in [2.45, 2.75) is 13.0 Å². The predicted molar refractivity (Wildman–Crippen MR) is 61.9 cm³/mol. The van der Waals surface area contributed by atoms with E-state index in [1.165, 1.54) is 6.20 Å². The summed E-state index contributed by atoms with van der Waals surface area (Å²) in [5, 5.41) is 4.54. The standard InChI is InChI=1S/C9H9BrClN3O/c1-5(7-2-3-8(10)15-7)14-9(12)6(11)4-13-14/h2-5H,12H2,1H3. The zero-order valence-corrected chi connectivity index (χ0v) is 10.3. The summed E-state index contributed by atoms with van der Waals surface area (Å²) in [4.78, 5) is 0. The van der Waals surface area contributed by atoms with E-state index in [0.29, 0.717) is 15.5 Å². The molecule has 0 aliphatic heterocycles. The van der Waals surface area contributed by atoms with Gasteiger partial charge in [-0.05, 0) is 35.0 Å². The molecule has 0 bridgehead atoms. The lowest BCUT2D eigenvalue weighted by atomic mass is 10.2. The summed E-state index contributed by atoms with van der Waals surface area (Å²) in [5.41, 5.74) is 5.76. The minimum absolute atomic E-state index is 0.0798. The van der Waals surface area contributed by atoms with Crippen molar-refractivity contribution < 1.29 is 4.42 Å². The first-order valence-electron chi connectivity index (χ1n) is 4.33. The molecule has 2 aromatic rings. The van der Waals surface area contributed by atoms with Crippen molar-refractivity contribution in [1.29, 1.82) is 0 Å². The third-order valence-electron chi connectivity index (χ3n) is 2.16. The lowest BCUT2D eigenvalue weighted by Gasteiger charge is -2.10. The number of nitrogens with zero attached hydrogens (tertiary/aromatic N) is 2. The fourth-order valence-electron chi connectivity index (χ4n) is 1.33. The first-order valence-corrected chi connectivity index (χ1v) is 5.50. The first kappa shape index (κ1) is 10.6. The normalized spacial score (nSPS) is 13.0. The predicted octanol–water partition coefficient (Wildman–Crippen LogP) is 3.08. The Morgan fingerprint density at radius 1 is 1.60 bits per heavy atom. The molecule has 2 aromatic heterocycles. The van der Waals surface area contributed by atoms with Gasteiger partial charge in [0.2, 0.25) is 0 Å². The van der Waals surface area contributed by atoms with Gasteiger partial charge in [-0.15, -0.1) is 0 Å². The smallest absolute Gasteiger partial charge is 0.169 e. The van der Waals surface area contributed by atoms with Crippen molar-refractivity contribution >= 4 is 33.3 Å². The number of rotatable bonds is 2. The van der Waals surface area contributed by atoms with E-state index in [2.05, 4.69) is 21.0 Å². The fourth-order valence-corrected chi connectivity index (χ4v) is 1.78. The van der Waals surface area contributed by atoms with Crippen LogP contribution in [-0.2, 0) is 0 Å². The third kappa shape index (κ3) is 1.89. The van der Waals surface area contributed by atoms with Gasteiger partial charge in [-0.25, -0.2) is 4.68 Å². The van der Waals surface area contributed by atoms with Crippen molar-refractivity contribution in [3.63, 3.8) is 0 Å². The van der Waals surface area contributed by atoms with Gasteiger partial charge < -0.3 is 10.2 Å². The van der Waals surface area contributed by atoms with Gasteiger partial charge >= 0.3 is 0 Å². The Kier molecular flexibility index (Phi) is 2.75. The molecule has 0 saturated carbocycles. The summed E-state index contributed by atoms with van der Waals surface area (Å²) in [5.74, 6) is 1.21. The summed E-state index contributed by atoms with van der Waals surface area (Å²) in [7, 11) is 0. The molecule has 0 aliphatic carbocycles. The summed E-state index contributed by atoms with van der Waals surface area (Å²) >= 11 is 9.06. The van der Waals surface area contributed by atoms with Crippen LogP contribution in [-0.4, -0.2) is 9.78 Å². The van der Waals surface area contributed by atoms with Crippen LogP contribution < -0.4 is 5.73 Å². The topological polar surface area (TPSA) is 57.0 Å². The van der Waals surface area contributed by atoms with Crippen LogP contribution in [0.15, 0.2) is 27.4 Å². The minimum atomic E-state index is -0.0798. The Labute approximate surface area is 100 Å². The molecule has 80 valence electrons. The van der Waals surface area contributed by atoms with Crippen LogP contribution in [0.5, 0.6) is 0 Å². The van der Waals surface area contributed by atoms with E-state index in [0.717, 1.165) is 5.76 Å². The van der Waals surface area contributed by atoms with Crippen molar-refractivity contribution in [1.82, 2.24) is 9.78 Å². The Hall–Kier alpha value is -0.940. The molecular formula is C9H9BrClN3O. The van der Waals surface area contributed by atoms with Crippen molar-refractivity contribution in [2.75, 3.05) is 5.73 Å². The second-order valence-electron chi connectivity index (χ2n) is 3.14. The number of hydrogen-bond donors (Lipinski definition) is 1. The highest BCUT2D eigenvalue weighted by Crippen LogP contribution is 2.27. The van der Waals surface area contributed by atoms with Crippen LogP contribution in [0.4, 0.5) is 5.82 Å². The van der Waals surface area contributed by atoms with Gasteiger partial charge in [0.15, 0.2) is 4.67 Å². The molecule has 0 fully saturated rings. The average Bonchev–Trinajstić information content (AvgIpc) is 2.75. The number of anilines is 1. The number of halogens is 2. The van der Waals surface area contributed by atoms with Gasteiger partial charge in [0, 0.05) is 0 Å². The van der Waals surface area contributed by atoms with Gasteiger partial charge in [0.25, 0.3) is 0 Å². The molecule has 1 atom stereocenters. The summed E-state index contributed by atoms with van der Waals surface area (Å²) < 4.78 is 7.72. The molecule has 0 aromatic carbocycles. The lowest BCUT2D eigenvalue weighted by molar-refractivity contribution is 0.416. The summed E-state index contributed by atoms with van der Waals surface area (Å²) in [6.07, 6.45) is 1.52. The van der Waals surface area contributed by atoms with Crippen LogP contribution in [0.3, 0.4) is 0 Å².